The highest BCUT2D eigenvalue weighted by atomic mass is 32.2. The molecule has 0 aliphatic heterocycles. The summed E-state index contributed by atoms with van der Waals surface area (Å²) in [5, 5.41) is 14.7. The van der Waals surface area contributed by atoms with Crippen molar-refractivity contribution in [2.45, 2.75) is 45.2 Å². The van der Waals surface area contributed by atoms with Crippen LogP contribution in [-0.2, 0) is 15.0 Å². The summed E-state index contributed by atoms with van der Waals surface area (Å²) in [5.41, 5.74) is 3.54. The van der Waals surface area contributed by atoms with Gasteiger partial charge in [0.05, 0.1) is 11.4 Å². The van der Waals surface area contributed by atoms with Crippen molar-refractivity contribution in [1.82, 2.24) is 14.8 Å². The van der Waals surface area contributed by atoms with Crippen LogP contribution in [0.1, 0.15) is 39.1 Å². The third-order valence-electron chi connectivity index (χ3n) is 4.59. The van der Waals surface area contributed by atoms with Crippen LogP contribution in [0, 0.1) is 6.92 Å². The van der Waals surface area contributed by atoms with Gasteiger partial charge in [-0.3, -0.25) is 14.2 Å². The van der Waals surface area contributed by atoms with Crippen LogP contribution in [0.3, 0.4) is 0 Å². The van der Waals surface area contributed by atoms with Crippen molar-refractivity contribution < 1.29 is 9.59 Å². The summed E-state index contributed by atoms with van der Waals surface area (Å²) < 4.78 is 1.86. The third kappa shape index (κ3) is 5.95. The minimum Gasteiger partial charge on any atom is -0.326 e. The molecule has 0 unspecified atom stereocenters. The first-order valence-electron chi connectivity index (χ1n) is 9.97. The zero-order valence-corrected chi connectivity index (χ0v) is 19.2. The molecule has 2 aromatic carbocycles. The minimum atomic E-state index is -0.139. The van der Waals surface area contributed by atoms with Crippen LogP contribution in [-0.4, -0.2) is 32.3 Å². The molecule has 3 rings (SSSR count). The monoisotopic (exact) mass is 437 g/mol. The van der Waals surface area contributed by atoms with Gasteiger partial charge in [-0.25, -0.2) is 0 Å². The molecule has 1 aromatic heterocycles. The molecule has 31 heavy (non-hydrogen) atoms. The van der Waals surface area contributed by atoms with Crippen LogP contribution in [0.4, 0.5) is 11.4 Å². The Labute approximate surface area is 186 Å². The quantitative estimate of drug-likeness (QED) is 0.552. The SMILES string of the molecule is CC(=O)Nc1cccc(-n2c(C)nnc2SCC(=O)Nc2ccc(C(C)(C)C)cc2)c1. The van der Waals surface area contributed by atoms with Gasteiger partial charge >= 0.3 is 0 Å². The van der Waals surface area contributed by atoms with Crippen LogP contribution in [0.15, 0.2) is 53.7 Å². The van der Waals surface area contributed by atoms with E-state index in [1.807, 2.05) is 60.0 Å². The normalized spacial score (nSPS) is 11.3. The third-order valence-corrected chi connectivity index (χ3v) is 5.52. The van der Waals surface area contributed by atoms with Crippen molar-refractivity contribution in [1.29, 1.82) is 0 Å². The van der Waals surface area contributed by atoms with E-state index in [9.17, 15) is 9.59 Å². The van der Waals surface area contributed by atoms with E-state index in [2.05, 4.69) is 41.6 Å². The standard InChI is InChI=1S/C23H27N5O2S/c1-15-26-27-22(28(15)20-8-6-7-19(13-20)24-16(2)29)31-14-21(30)25-18-11-9-17(10-12-18)23(3,4)5/h6-13H,14H2,1-5H3,(H,24,29)(H,25,30). The lowest BCUT2D eigenvalue weighted by molar-refractivity contribution is -0.114. The summed E-state index contributed by atoms with van der Waals surface area (Å²) in [6, 6.07) is 15.3. The lowest BCUT2D eigenvalue weighted by Gasteiger charge is -2.19. The van der Waals surface area contributed by atoms with E-state index in [0.717, 1.165) is 11.4 Å². The highest BCUT2D eigenvalue weighted by Crippen LogP contribution is 2.25. The van der Waals surface area contributed by atoms with E-state index in [4.69, 9.17) is 0 Å². The smallest absolute Gasteiger partial charge is 0.234 e. The first kappa shape index (κ1) is 22.6. The molecule has 7 nitrogen and oxygen atoms in total. The number of aromatic nitrogens is 3. The Hall–Kier alpha value is -3.13. The second-order valence-electron chi connectivity index (χ2n) is 8.26. The molecule has 2 amide bonds. The van der Waals surface area contributed by atoms with Gasteiger partial charge in [-0.1, -0.05) is 50.7 Å². The first-order valence-corrected chi connectivity index (χ1v) is 11.0. The molecule has 1 heterocycles. The Balaban J connectivity index is 1.68. The average Bonchev–Trinajstić information content (AvgIpc) is 3.06. The molecule has 8 heteroatoms. The fraction of sp³-hybridized carbons (Fsp3) is 0.304. The average molecular weight is 438 g/mol. The van der Waals surface area contributed by atoms with Gasteiger partial charge in [-0.15, -0.1) is 10.2 Å². The number of benzene rings is 2. The van der Waals surface area contributed by atoms with Gasteiger partial charge in [0.2, 0.25) is 11.8 Å². The van der Waals surface area contributed by atoms with Crippen molar-refractivity contribution >= 4 is 35.0 Å². The fourth-order valence-corrected chi connectivity index (χ4v) is 3.84. The number of rotatable bonds is 6. The zero-order chi connectivity index (χ0) is 22.6. The number of nitrogens with zero attached hydrogens (tertiary/aromatic N) is 3. The largest absolute Gasteiger partial charge is 0.326 e. The predicted molar refractivity (Wildman–Crippen MR) is 125 cm³/mol. The molecule has 0 aliphatic carbocycles. The van der Waals surface area contributed by atoms with Crippen LogP contribution < -0.4 is 10.6 Å². The number of carbonyl (C=O) groups is 2. The molecular formula is C23H27N5O2S. The number of aryl methyl sites for hydroxylation is 1. The number of hydrogen-bond donors (Lipinski definition) is 2. The number of thioether (sulfide) groups is 1. The van der Waals surface area contributed by atoms with E-state index in [1.54, 1.807) is 0 Å². The highest BCUT2D eigenvalue weighted by Gasteiger charge is 2.15. The predicted octanol–water partition coefficient (Wildman–Crippen LogP) is 4.56. The maximum atomic E-state index is 12.5. The van der Waals surface area contributed by atoms with Gasteiger partial charge in [-0.2, -0.15) is 0 Å². The molecule has 0 spiro atoms. The zero-order valence-electron chi connectivity index (χ0n) is 18.4. The van der Waals surface area contributed by atoms with Gasteiger partial charge in [0.25, 0.3) is 0 Å². The van der Waals surface area contributed by atoms with Crippen LogP contribution >= 0.6 is 11.8 Å². The number of carbonyl (C=O) groups excluding carboxylic acids is 2. The number of nitrogens with one attached hydrogen (secondary N) is 2. The van der Waals surface area contributed by atoms with Crippen molar-refractivity contribution in [3.63, 3.8) is 0 Å². The minimum absolute atomic E-state index is 0.0670. The molecule has 0 aliphatic rings. The molecule has 0 fully saturated rings. The second kappa shape index (κ2) is 9.34. The number of anilines is 2. The second-order valence-corrected chi connectivity index (χ2v) is 9.20. The molecule has 3 aromatic rings. The maximum Gasteiger partial charge on any atom is 0.234 e. The number of amides is 2. The van der Waals surface area contributed by atoms with E-state index in [1.165, 1.54) is 24.2 Å². The Morgan fingerprint density at radius 3 is 2.35 bits per heavy atom. The number of hydrogen-bond acceptors (Lipinski definition) is 5. The van der Waals surface area contributed by atoms with Crippen molar-refractivity contribution in [3.8, 4) is 5.69 Å². The maximum absolute atomic E-state index is 12.5. The van der Waals surface area contributed by atoms with Crippen molar-refractivity contribution in [2.24, 2.45) is 0 Å². The summed E-state index contributed by atoms with van der Waals surface area (Å²) in [6.07, 6.45) is 0. The summed E-state index contributed by atoms with van der Waals surface area (Å²) in [4.78, 5) is 23.8. The van der Waals surface area contributed by atoms with Crippen molar-refractivity contribution in [3.05, 3.63) is 59.9 Å². The van der Waals surface area contributed by atoms with Gasteiger partial charge < -0.3 is 10.6 Å². The lowest BCUT2D eigenvalue weighted by atomic mass is 9.87. The fourth-order valence-electron chi connectivity index (χ4n) is 3.04. The molecule has 0 atom stereocenters. The summed E-state index contributed by atoms with van der Waals surface area (Å²) in [5.74, 6) is 0.637. The van der Waals surface area contributed by atoms with E-state index < -0.39 is 0 Å². The Morgan fingerprint density at radius 2 is 1.71 bits per heavy atom. The Morgan fingerprint density at radius 1 is 1.00 bits per heavy atom. The molecule has 0 saturated carbocycles. The molecule has 0 saturated heterocycles. The topological polar surface area (TPSA) is 88.9 Å². The van der Waals surface area contributed by atoms with Crippen molar-refractivity contribution in [2.75, 3.05) is 16.4 Å². The van der Waals surface area contributed by atoms with Gasteiger partial charge in [-0.05, 0) is 48.2 Å². The Kier molecular flexibility index (Phi) is 6.80. The Bertz CT molecular complexity index is 1080. The van der Waals surface area contributed by atoms with Crippen LogP contribution in [0.25, 0.3) is 5.69 Å². The lowest BCUT2D eigenvalue weighted by Crippen LogP contribution is -2.15. The highest BCUT2D eigenvalue weighted by molar-refractivity contribution is 7.99. The molecule has 2 N–H and O–H groups in total. The van der Waals surface area contributed by atoms with Gasteiger partial charge in [0, 0.05) is 18.3 Å². The van der Waals surface area contributed by atoms with E-state index in [0.29, 0.717) is 16.7 Å². The first-order chi connectivity index (χ1) is 14.6. The molecule has 0 bridgehead atoms. The van der Waals surface area contributed by atoms with E-state index >= 15 is 0 Å². The van der Waals surface area contributed by atoms with Crippen LogP contribution in [0.2, 0.25) is 0 Å². The van der Waals surface area contributed by atoms with E-state index in [-0.39, 0.29) is 23.0 Å². The molecule has 0 radical (unpaired) electrons. The van der Waals surface area contributed by atoms with Crippen LogP contribution in [0.5, 0.6) is 0 Å². The summed E-state index contributed by atoms with van der Waals surface area (Å²) >= 11 is 1.31. The molecule has 162 valence electrons. The molecular weight excluding hydrogens is 410 g/mol. The summed E-state index contributed by atoms with van der Waals surface area (Å²) in [6.45, 7) is 9.77. The summed E-state index contributed by atoms with van der Waals surface area (Å²) in [7, 11) is 0. The van der Waals surface area contributed by atoms with Gasteiger partial charge in [0.1, 0.15) is 5.82 Å². The van der Waals surface area contributed by atoms with Gasteiger partial charge in [0.15, 0.2) is 5.16 Å².